The van der Waals surface area contributed by atoms with E-state index in [1.165, 1.54) is 0 Å². The minimum atomic E-state index is -1.03. The lowest BCUT2D eigenvalue weighted by Crippen LogP contribution is -2.40. The van der Waals surface area contributed by atoms with Crippen LogP contribution in [0.2, 0.25) is 0 Å². The maximum atomic E-state index is 12.1. The Balaban J connectivity index is 2.55. The topological polar surface area (TPSA) is 95.5 Å². The molecule has 0 radical (unpaired) electrons. The number of benzene rings is 1. The van der Waals surface area contributed by atoms with Gasteiger partial charge in [0.2, 0.25) is 5.91 Å². The smallest absolute Gasteiger partial charge is 0.326 e. The van der Waals surface area contributed by atoms with Crippen molar-refractivity contribution < 1.29 is 19.5 Å². The first-order valence-electron chi connectivity index (χ1n) is 8.37. The lowest BCUT2D eigenvalue weighted by Gasteiger charge is -2.13. The monoisotopic (exact) mass is 334 g/mol. The molecule has 1 aromatic carbocycles. The molecular weight excluding hydrogens is 308 g/mol. The van der Waals surface area contributed by atoms with Gasteiger partial charge in [-0.3, -0.25) is 9.59 Å². The molecule has 1 aromatic rings. The zero-order valence-electron chi connectivity index (χ0n) is 14.3. The van der Waals surface area contributed by atoms with Crippen molar-refractivity contribution in [2.45, 2.75) is 58.5 Å². The first-order valence-corrected chi connectivity index (χ1v) is 8.37. The van der Waals surface area contributed by atoms with E-state index in [4.69, 9.17) is 5.11 Å². The van der Waals surface area contributed by atoms with Crippen LogP contribution in [0.25, 0.3) is 0 Å². The van der Waals surface area contributed by atoms with E-state index in [0.29, 0.717) is 31.4 Å². The van der Waals surface area contributed by atoms with E-state index in [9.17, 15) is 14.4 Å². The number of amides is 2. The van der Waals surface area contributed by atoms with Gasteiger partial charge in [0.1, 0.15) is 6.04 Å². The number of nitrogens with one attached hydrogen (secondary N) is 2. The number of carbonyl (C=O) groups excluding carboxylic acids is 2. The van der Waals surface area contributed by atoms with Gasteiger partial charge in [0, 0.05) is 18.5 Å². The van der Waals surface area contributed by atoms with Gasteiger partial charge in [-0.15, -0.1) is 0 Å². The maximum absolute atomic E-state index is 12.1. The van der Waals surface area contributed by atoms with E-state index >= 15 is 0 Å². The van der Waals surface area contributed by atoms with Gasteiger partial charge in [-0.05, 0) is 30.5 Å². The number of carboxylic acids is 1. The van der Waals surface area contributed by atoms with Crippen LogP contribution in [0.3, 0.4) is 0 Å². The summed E-state index contributed by atoms with van der Waals surface area (Å²) in [5.74, 6) is -1.42. The van der Waals surface area contributed by atoms with E-state index < -0.39 is 17.9 Å². The molecule has 1 unspecified atom stereocenters. The Labute approximate surface area is 142 Å². The van der Waals surface area contributed by atoms with Gasteiger partial charge in [0.05, 0.1) is 0 Å². The molecule has 6 nitrogen and oxygen atoms in total. The molecule has 0 spiro atoms. The Bertz CT molecular complexity index is 555. The van der Waals surface area contributed by atoms with Crippen LogP contribution < -0.4 is 10.6 Å². The van der Waals surface area contributed by atoms with Gasteiger partial charge in [0.25, 0.3) is 5.91 Å². The highest BCUT2D eigenvalue weighted by atomic mass is 16.4. The summed E-state index contributed by atoms with van der Waals surface area (Å²) in [5.41, 5.74) is 1.29. The van der Waals surface area contributed by atoms with E-state index in [1.807, 2.05) is 13.8 Å². The van der Waals surface area contributed by atoms with Gasteiger partial charge < -0.3 is 15.7 Å². The predicted molar refractivity (Wildman–Crippen MR) is 91.6 cm³/mol. The number of unbranched alkanes of at least 4 members (excludes halogenated alkanes) is 1. The lowest BCUT2D eigenvalue weighted by atomic mass is 10.1. The molecule has 0 aliphatic rings. The van der Waals surface area contributed by atoms with Crippen LogP contribution in [0.4, 0.5) is 0 Å². The molecule has 0 aromatic heterocycles. The Morgan fingerprint density at radius 1 is 1.08 bits per heavy atom. The molecule has 2 amide bonds. The van der Waals surface area contributed by atoms with Gasteiger partial charge in [-0.2, -0.15) is 0 Å². The maximum Gasteiger partial charge on any atom is 0.326 e. The van der Waals surface area contributed by atoms with Crippen molar-refractivity contribution in [3.05, 3.63) is 35.4 Å². The second-order valence-corrected chi connectivity index (χ2v) is 5.73. The molecule has 6 heteroatoms. The molecule has 0 bridgehead atoms. The third kappa shape index (κ3) is 6.81. The normalized spacial score (nSPS) is 11.6. The number of carboxylic acid groups (broad SMARTS) is 1. The van der Waals surface area contributed by atoms with Crippen LogP contribution in [0.5, 0.6) is 0 Å². The largest absolute Gasteiger partial charge is 0.480 e. The summed E-state index contributed by atoms with van der Waals surface area (Å²) in [6, 6.07) is 5.90. The van der Waals surface area contributed by atoms with Crippen molar-refractivity contribution in [1.82, 2.24) is 10.6 Å². The van der Waals surface area contributed by atoms with Gasteiger partial charge in [-0.1, -0.05) is 38.8 Å². The number of rotatable bonds is 10. The van der Waals surface area contributed by atoms with Crippen molar-refractivity contribution in [3.63, 3.8) is 0 Å². The van der Waals surface area contributed by atoms with Gasteiger partial charge >= 0.3 is 5.97 Å². The fraction of sp³-hybridized carbons (Fsp3) is 0.500. The zero-order valence-corrected chi connectivity index (χ0v) is 14.3. The molecule has 0 saturated carbocycles. The third-order valence-corrected chi connectivity index (χ3v) is 3.64. The van der Waals surface area contributed by atoms with Crippen LogP contribution in [0.1, 0.15) is 61.9 Å². The summed E-state index contributed by atoms with van der Waals surface area (Å²) in [6.07, 6.45) is 3.43. The predicted octanol–water partition coefficient (Wildman–Crippen LogP) is 2.48. The Morgan fingerprint density at radius 2 is 1.75 bits per heavy atom. The van der Waals surface area contributed by atoms with Crippen molar-refractivity contribution in [2.24, 2.45) is 0 Å². The molecule has 0 aliphatic heterocycles. The van der Waals surface area contributed by atoms with E-state index in [2.05, 4.69) is 10.6 Å². The Hall–Kier alpha value is -2.37. The third-order valence-electron chi connectivity index (χ3n) is 3.64. The first-order chi connectivity index (χ1) is 11.5. The summed E-state index contributed by atoms with van der Waals surface area (Å²) in [4.78, 5) is 34.7. The summed E-state index contributed by atoms with van der Waals surface area (Å²) in [7, 11) is 0. The molecule has 0 saturated heterocycles. The molecule has 1 rings (SSSR count). The number of hydrogen-bond acceptors (Lipinski definition) is 3. The summed E-state index contributed by atoms with van der Waals surface area (Å²) >= 11 is 0. The average Bonchev–Trinajstić information content (AvgIpc) is 2.57. The summed E-state index contributed by atoms with van der Waals surface area (Å²) < 4.78 is 0. The second-order valence-electron chi connectivity index (χ2n) is 5.73. The van der Waals surface area contributed by atoms with Gasteiger partial charge in [-0.25, -0.2) is 4.79 Å². The van der Waals surface area contributed by atoms with Crippen molar-refractivity contribution in [1.29, 1.82) is 0 Å². The minimum Gasteiger partial charge on any atom is -0.480 e. The van der Waals surface area contributed by atoms with Crippen LogP contribution in [-0.2, 0) is 16.1 Å². The molecule has 24 heavy (non-hydrogen) atoms. The van der Waals surface area contributed by atoms with E-state index in [-0.39, 0.29) is 5.91 Å². The lowest BCUT2D eigenvalue weighted by molar-refractivity contribution is -0.139. The highest BCUT2D eigenvalue weighted by Gasteiger charge is 2.19. The summed E-state index contributed by atoms with van der Waals surface area (Å²) in [6.45, 7) is 4.32. The van der Waals surface area contributed by atoms with Crippen molar-refractivity contribution in [3.8, 4) is 0 Å². The SMILES string of the molecule is CCCCC(=O)NCc1ccc(C(=O)NC(CCC)C(=O)O)cc1. The highest BCUT2D eigenvalue weighted by Crippen LogP contribution is 2.06. The van der Waals surface area contributed by atoms with Gasteiger partial charge in [0.15, 0.2) is 0 Å². The van der Waals surface area contributed by atoms with Crippen LogP contribution in [0.15, 0.2) is 24.3 Å². The molecule has 0 aliphatic carbocycles. The Kier molecular flexibility index (Phi) is 8.54. The van der Waals surface area contributed by atoms with Crippen molar-refractivity contribution in [2.75, 3.05) is 0 Å². The van der Waals surface area contributed by atoms with E-state index in [0.717, 1.165) is 18.4 Å². The summed E-state index contributed by atoms with van der Waals surface area (Å²) in [5, 5.41) is 14.4. The van der Waals surface area contributed by atoms with Crippen LogP contribution in [0, 0.1) is 0 Å². The van der Waals surface area contributed by atoms with Crippen LogP contribution >= 0.6 is 0 Å². The molecule has 1 atom stereocenters. The van der Waals surface area contributed by atoms with Crippen molar-refractivity contribution >= 4 is 17.8 Å². The second kappa shape index (κ2) is 10.4. The van der Waals surface area contributed by atoms with Crippen LogP contribution in [-0.4, -0.2) is 28.9 Å². The quantitative estimate of drug-likeness (QED) is 0.612. The standard InChI is InChI=1S/C18H26N2O4/c1-3-5-7-16(21)19-12-13-8-10-14(11-9-13)17(22)20-15(6-4-2)18(23)24/h8-11,15H,3-7,12H2,1-2H3,(H,19,21)(H,20,22)(H,23,24). The molecular formula is C18H26N2O4. The fourth-order valence-corrected chi connectivity index (χ4v) is 2.19. The fourth-order valence-electron chi connectivity index (χ4n) is 2.19. The highest BCUT2D eigenvalue weighted by molar-refractivity contribution is 5.96. The minimum absolute atomic E-state index is 0.0162. The molecule has 0 fully saturated rings. The number of carbonyl (C=O) groups is 3. The zero-order chi connectivity index (χ0) is 17.9. The number of aliphatic carboxylic acids is 1. The molecule has 0 heterocycles. The van der Waals surface area contributed by atoms with E-state index in [1.54, 1.807) is 24.3 Å². The average molecular weight is 334 g/mol. The first kappa shape index (κ1) is 19.7. The molecule has 132 valence electrons. The Morgan fingerprint density at radius 3 is 2.29 bits per heavy atom. The number of hydrogen-bond donors (Lipinski definition) is 3. The molecule has 3 N–H and O–H groups in total.